The van der Waals surface area contributed by atoms with Crippen LogP contribution in [0.5, 0.6) is 0 Å². The maximum absolute atomic E-state index is 5.72. The van der Waals surface area contributed by atoms with Gasteiger partial charge in [0.1, 0.15) is 6.61 Å². The van der Waals surface area contributed by atoms with E-state index in [1.807, 2.05) is 32.3 Å². The van der Waals surface area contributed by atoms with Crippen molar-refractivity contribution in [2.45, 2.75) is 27.7 Å². The highest BCUT2D eigenvalue weighted by molar-refractivity contribution is 5.35. The van der Waals surface area contributed by atoms with E-state index in [0.717, 1.165) is 18.8 Å². The lowest BCUT2D eigenvalue weighted by Gasteiger charge is -2.17. The molecular formula is C19H26O2. The summed E-state index contributed by atoms with van der Waals surface area (Å²) in [6, 6.07) is 0. The van der Waals surface area contributed by atoms with E-state index >= 15 is 0 Å². The van der Waals surface area contributed by atoms with Crippen molar-refractivity contribution in [3.63, 3.8) is 0 Å². The predicted molar refractivity (Wildman–Crippen MR) is 87.9 cm³/mol. The average molecular weight is 286 g/mol. The van der Waals surface area contributed by atoms with Gasteiger partial charge < -0.3 is 9.47 Å². The number of hydrogen-bond donors (Lipinski definition) is 0. The summed E-state index contributed by atoms with van der Waals surface area (Å²) >= 11 is 0. The molecule has 1 heterocycles. The minimum atomic E-state index is 0.433. The van der Waals surface area contributed by atoms with Gasteiger partial charge in [-0.1, -0.05) is 42.9 Å². The van der Waals surface area contributed by atoms with E-state index in [1.54, 1.807) is 0 Å². The largest absolute Gasteiger partial charge is 0.496 e. The SMILES string of the molecule is C/C=C/C(C)=C/OCC1=C/C(C)/C=C(/C)C2COC\C2=C\1. The van der Waals surface area contributed by atoms with Crippen molar-refractivity contribution in [2.24, 2.45) is 11.8 Å². The van der Waals surface area contributed by atoms with Crippen molar-refractivity contribution in [3.8, 4) is 0 Å². The molecule has 2 unspecified atom stereocenters. The smallest absolute Gasteiger partial charge is 0.112 e. The molecule has 2 aliphatic rings. The molecule has 0 amide bonds. The number of rotatable bonds is 4. The molecule has 0 radical (unpaired) electrons. The van der Waals surface area contributed by atoms with Crippen molar-refractivity contribution in [1.29, 1.82) is 0 Å². The van der Waals surface area contributed by atoms with E-state index in [1.165, 1.54) is 16.7 Å². The fourth-order valence-electron chi connectivity index (χ4n) is 2.93. The lowest BCUT2D eigenvalue weighted by Crippen LogP contribution is -2.09. The second-order valence-electron chi connectivity index (χ2n) is 5.97. The molecule has 2 heteroatoms. The highest BCUT2D eigenvalue weighted by Gasteiger charge is 2.24. The van der Waals surface area contributed by atoms with Crippen LogP contribution in [-0.4, -0.2) is 19.8 Å². The molecule has 0 bridgehead atoms. The summed E-state index contributed by atoms with van der Waals surface area (Å²) in [5.74, 6) is 0.888. The molecule has 1 fully saturated rings. The highest BCUT2D eigenvalue weighted by Crippen LogP contribution is 2.31. The third-order valence-electron chi connectivity index (χ3n) is 3.87. The first-order valence-electron chi connectivity index (χ1n) is 7.68. The Morgan fingerprint density at radius 1 is 1.43 bits per heavy atom. The van der Waals surface area contributed by atoms with Gasteiger partial charge in [0.25, 0.3) is 0 Å². The molecule has 1 aliphatic carbocycles. The molecule has 2 rings (SSSR count). The molecule has 114 valence electrons. The van der Waals surface area contributed by atoms with Gasteiger partial charge in [-0.05, 0) is 43.4 Å². The number of ether oxygens (including phenoxy) is 2. The Labute approximate surface area is 128 Å². The van der Waals surface area contributed by atoms with Gasteiger partial charge in [0.05, 0.1) is 19.5 Å². The zero-order valence-corrected chi connectivity index (χ0v) is 13.6. The summed E-state index contributed by atoms with van der Waals surface area (Å²) < 4.78 is 11.4. The van der Waals surface area contributed by atoms with Gasteiger partial charge in [-0.2, -0.15) is 0 Å². The van der Waals surface area contributed by atoms with Gasteiger partial charge in [-0.3, -0.25) is 0 Å². The summed E-state index contributed by atoms with van der Waals surface area (Å²) in [7, 11) is 0. The third-order valence-corrected chi connectivity index (χ3v) is 3.87. The van der Waals surface area contributed by atoms with E-state index in [-0.39, 0.29) is 0 Å². The second-order valence-corrected chi connectivity index (χ2v) is 5.97. The zero-order valence-electron chi connectivity index (χ0n) is 13.6. The Hall–Kier alpha value is -1.54. The predicted octanol–water partition coefficient (Wildman–Crippen LogP) is 4.58. The first kappa shape index (κ1) is 15.8. The quantitative estimate of drug-likeness (QED) is 0.428. The minimum Gasteiger partial charge on any atom is -0.496 e. The molecule has 0 aromatic heterocycles. The van der Waals surface area contributed by atoms with Crippen LogP contribution in [0, 0.1) is 11.8 Å². The molecule has 1 saturated heterocycles. The summed E-state index contributed by atoms with van der Waals surface area (Å²) in [6.45, 7) is 10.7. The van der Waals surface area contributed by atoms with Gasteiger partial charge in [0.15, 0.2) is 0 Å². The molecular weight excluding hydrogens is 260 g/mol. The van der Waals surface area contributed by atoms with Crippen LogP contribution in [0.1, 0.15) is 27.7 Å². The first-order chi connectivity index (χ1) is 10.1. The molecule has 21 heavy (non-hydrogen) atoms. The van der Waals surface area contributed by atoms with Crippen molar-refractivity contribution < 1.29 is 9.47 Å². The van der Waals surface area contributed by atoms with Crippen LogP contribution in [0.2, 0.25) is 0 Å². The van der Waals surface area contributed by atoms with Crippen LogP contribution < -0.4 is 0 Å². The van der Waals surface area contributed by atoms with Crippen molar-refractivity contribution >= 4 is 0 Å². The number of hydrogen-bond acceptors (Lipinski definition) is 2. The van der Waals surface area contributed by atoms with Crippen LogP contribution in [0.4, 0.5) is 0 Å². The van der Waals surface area contributed by atoms with Crippen molar-refractivity contribution in [3.05, 3.63) is 58.9 Å². The van der Waals surface area contributed by atoms with E-state index in [9.17, 15) is 0 Å². The Bertz CT molecular complexity index is 518. The summed E-state index contributed by atoms with van der Waals surface area (Å²) in [6.07, 6.45) is 12.8. The summed E-state index contributed by atoms with van der Waals surface area (Å²) in [5, 5.41) is 0. The van der Waals surface area contributed by atoms with Crippen LogP contribution >= 0.6 is 0 Å². The Balaban J connectivity index is 2.11. The van der Waals surface area contributed by atoms with Gasteiger partial charge >= 0.3 is 0 Å². The normalized spacial score (nSPS) is 34.1. The third kappa shape index (κ3) is 4.47. The number of fused-ring (bicyclic) bond motifs is 1. The lowest BCUT2D eigenvalue weighted by atomic mass is 9.88. The number of allylic oxidation sites excluding steroid dienone is 5. The van der Waals surface area contributed by atoms with Crippen molar-refractivity contribution in [1.82, 2.24) is 0 Å². The van der Waals surface area contributed by atoms with Crippen LogP contribution in [-0.2, 0) is 9.47 Å². The van der Waals surface area contributed by atoms with Gasteiger partial charge in [0, 0.05) is 5.92 Å². The van der Waals surface area contributed by atoms with Crippen LogP contribution in [0.25, 0.3) is 0 Å². The van der Waals surface area contributed by atoms with Crippen molar-refractivity contribution in [2.75, 3.05) is 19.8 Å². The van der Waals surface area contributed by atoms with Crippen LogP contribution in [0.15, 0.2) is 58.9 Å². The maximum atomic E-state index is 5.72. The average Bonchev–Trinajstić information content (AvgIpc) is 2.85. The molecule has 0 spiro atoms. The molecule has 1 aliphatic heterocycles. The monoisotopic (exact) mass is 286 g/mol. The maximum Gasteiger partial charge on any atom is 0.112 e. The summed E-state index contributed by atoms with van der Waals surface area (Å²) in [5.41, 5.74) is 5.16. The highest BCUT2D eigenvalue weighted by atomic mass is 16.5. The topological polar surface area (TPSA) is 18.5 Å². The van der Waals surface area contributed by atoms with E-state index in [2.05, 4.69) is 32.1 Å². The van der Waals surface area contributed by atoms with Crippen LogP contribution in [0.3, 0.4) is 0 Å². The fourth-order valence-corrected chi connectivity index (χ4v) is 2.93. The van der Waals surface area contributed by atoms with Gasteiger partial charge in [-0.25, -0.2) is 0 Å². The minimum absolute atomic E-state index is 0.433. The molecule has 2 nitrogen and oxygen atoms in total. The fraction of sp³-hybridized carbons (Fsp3) is 0.474. The Morgan fingerprint density at radius 2 is 2.24 bits per heavy atom. The van der Waals surface area contributed by atoms with E-state index in [4.69, 9.17) is 9.47 Å². The lowest BCUT2D eigenvalue weighted by molar-refractivity contribution is 0.193. The van der Waals surface area contributed by atoms with Gasteiger partial charge in [-0.15, -0.1) is 0 Å². The molecule has 0 aromatic carbocycles. The molecule has 0 N–H and O–H groups in total. The standard InChI is InChI=1S/C19H26O2/c1-5-6-14(2)10-20-11-17-8-15(3)7-16(4)19-13-21-12-18(19)9-17/h5-10,15,19H,11-13H2,1-4H3/b6-5+,14-10+,16-7-,17-8+,18-9-. The van der Waals surface area contributed by atoms with E-state index in [0.29, 0.717) is 18.4 Å². The first-order valence-corrected chi connectivity index (χ1v) is 7.68. The zero-order chi connectivity index (χ0) is 15.2. The second kappa shape index (κ2) is 7.46. The molecule has 2 atom stereocenters. The Morgan fingerprint density at radius 3 is 3.00 bits per heavy atom. The Kier molecular flexibility index (Phi) is 5.63. The summed E-state index contributed by atoms with van der Waals surface area (Å²) in [4.78, 5) is 0. The van der Waals surface area contributed by atoms with Gasteiger partial charge in [0.2, 0.25) is 0 Å². The molecule has 0 saturated carbocycles. The molecule has 0 aromatic rings. The van der Waals surface area contributed by atoms with E-state index < -0.39 is 0 Å².